The monoisotopic (exact) mass is 238 g/mol. The minimum Gasteiger partial charge on any atom is -0.507 e. The summed E-state index contributed by atoms with van der Waals surface area (Å²) in [5.41, 5.74) is 4.52. The number of aromatic hydroxyl groups is 1. The highest BCUT2D eigenvalue weighted by Crippen LogP contribution is 2.38. The molecule has 0 spiro atoms. The van der Waals surface area contributed by atoms with Crippen LogP contribution in [0.2, 0.25) is 0 Å². The van der Waals surface area contributed by atoms with Gasteiger partial charge in [0.25, 0.3) is 0 Å². The number of hydrogen-bond acceptors (Lipinski definition) is 2. The topological polar surface area (TPSA) is 37.3 Å². The lowest BCUT2D eigenvalue weighted by Crippen LogP contribution is -1.96. The molecule has 0 heterocycles. The van der Waals surface area contributed by atoms with Gasteiger partial charge in [0.15, 0.2) is 5.78 Å². The maximum absolute atomic E-state index is 12.0. The van der Waals surface area contributed by atoms with Crippen molar-refractivity contribution in [2.24, 2.45) is 0 Å². The third-order valence-corrected chi connectivity index (χ3v) is 3.51. The van der Waals surface area contributed by atoms with Crippen LogP contribution >= 0.6 is 0 Å². The van der Waals surface area contributed by atoms with Crippen LogP contribution in [-0.2, 0) is 6.42 Å². The van der Waals surface area contributed by atoms with Crippen molar-refractivity contribution < 1.29 is 9.90 Å². The van der Waals surface area contributed by atoms with Gasteiger partial charge < -0.3 is 5.11 Å². The zero-order chi connectivity index (χ0) is 12.7. The second-order valence-electron chi connectivity index (χ2n) is 4.78. The lowest BCUT2D eigenvalue weighted by molar-refractivity contribution is 0.0995. The van der Waals surface area contributed by atoms with E-state index in [1.54, 1.807) is 6.07 Å². The molecule has 0 saturated carbocycles. The van der Waals surface area contributed by atoms with Crippen LogP contribution in [0.4, 0.5) is 0 Å². The lowest BCUT2D eigenvalue weighted by atomic mass is 9.95. The Morgan fingerprint density at radius 3 is 2.39 bits per heavy atom. The molecule has 2 aromatic rings. The van der Waals surface area contributed by atoms with Gasteiger partial charge in [0.2, 0.25) is 0 Å². The Labute approximate surface area is 106 Å². The van der Waals surface area contributed by atoms with Crippen LogP contribution in [-0.4, -0.2) is 10.9 Å². The van der Waals surface area contributed by atoms with Crippen molar-refractivity contribution in [1.82, 2.24) is 0 Å². The number of benzene rings is 2. The Kier molecular flexibility index (Phi) is 2.44. The molecule has 2 heteroatoms. The van der Waals surface area contributed by atoms with E-state index in [9.17, 15) is 9.90 Å². The van der Waals surface area contributed by atoms with Crippen molar-refractivity contribution in [3.63, 3.8) is 0 Å². The number of ketones is 1. The molecule has 18 heavy (non-hydrogen) atoms. The molecule has 3 rings (SSSR count). The van der Waals surface area contributed by atoms with Crippen LogP contribution in [0.3, 0.4) is 0 Å². The molecule has 0 bridgehead atoms. The van der Waals surface area contributed by atoms with Crippen molar-refractivity contribution in [2.45, 2.75) is 19.8 Å². The van der Waals surface area contributed by atoms with Gasteiger partial charge in [-0.25, -0.2) is 0 Å². The van der Waals surface area contributed by atoms with E-state index in [2.05, 4.69) is 0 Å². The van der Waals surface area contributed by atoms with Gasteiger partial charge in [0.1, 0.15) is 5.75 Å². The average Bonchev–Trinajstić information content (AvgIpc) is 2.73. The summed E-state index contributed by atoms with van der Waals surface area (Å²) in [5, 5.41) is 10.1. The quantitative estimate of drug-likeness (QED) is 0.825. The Bertz CT molecular complexity index is 624. The van der Waals surface area contributed by atoms with Crippen LogP contribution in [0.5, 0.6) is 5.75 Å². The van der Waals surface area contributed by atoms with Gasteiger partial charge >= 0.3 is 0 Å². The van der Waals surface area contributed by atoms with E-state index in [1.807, 2.05) is 37.3 Å². The third kappa shape index (κ3) is 1.61. The van der Waals surface area contributed by atoms with Gasteiger partial charge in [0, 0.05) is 17.5 Å². The van der Waals surface area contributed by atoms with Crippen LogP contribution in [0, 0.1) is 6.92 Å². The smallest absolute Gasteiger partial charge is 0.164 e. The highest BCUT2D eigenvalue weighted by atomic mass is 16.3. The number of carbonyl (C=O) groups excluding carboxylic acids is 1. The molecule has 90 valence electrons. The highest BCUT2D eigenvalue weighted by Gasteiger charge is 2.25. The predicted octanol–water partition coefficient (Wildman–Crippen LogP) is 3.50. The van der Waals surface area contributed by atoms with E-state index < -0.39 is 0 Å². The third-order valence-electron chi connectivity index (χ3n) is 3.51. The largest absolute Gasteiger partial charge is 0.507 e. The summed E-state index contributed by atoms with van der Waals surface area (Å²) in [4.78, 5) is 12.0. The van der Waals surface area contributed by atoms with Crippen LogP contribution < -0.4 is 0 Å². The molecule has 0 atom stereocenters. The number of carbonyl (C=O) groups is 1. The zero-order valence-electron chi connectivity index (χ0n) is 10.2. The molecule has 0 radical (unpaired) electrons. The molecule has 0 fully saturated rings. The fourth-order valence-electron chi connectivity index (χ4n) is 2.55. The highest BCUT2D eigenvalue weighted by molar-refractivity contribution is 6.07. The van der Waals surface area contributed by atoms with E-state index in [1.165, 1.54) is 0 Å². The first-order chi connectivity index (χ1) is 8.66. The molecule has 0 aliphatic heterocycles. The van der Waals surface area contributed by atoms with E-state index in [-0.39, 0.29) is 11.5 Å². The van der Waals surface area contributed by atoms with Gasteiger partial charge in [0.05, 0.1) is 0 Å². The molecule has 1 aliphatic rings. The number of fused-ring (bicyclic) bond motifs is 1. The standard InChI is InChI=1S/C16H14O2/c1-10-2-4-11(5-3-10)15-13(17)8-6-12-7-9-14(18)16(12)15/h2-6,8,17H,7,9H2,1H3. The zero-order valence-corrected chi connectivity index (χ0v) is 10.2. The molecule has 1 N–H and O–H groups in total. The van der Waals surface area contributed by atoms with Crippen LogP contribution in [0.1, 0.15) is 27.9 Å². The molecule has 0 aromatic heterocycles. The van der Waals surface area contributed by atoms with Gasteiger partial charge in [-0.15, -0.1) is 0 Å². The summed E-state index contributed by atoms with van der Waals surface area (Å²) in [7, 11) is 0. The number of phenols is 1. The second kappa shape index (κ2) is 3.98. The second-order valence-corrected chi connectivity index (χ2v) is 4.78. The first-order valence-corrected chi connectivity index (χ1v) is 6.12. The Hall–Kier alpha value is -2.09. The SMILES string of the molecule is Cc1ccc(-c2c(O)ccc3c2C(=O)CC3)cc1. The van der Waals surface area contributed by atoms with Crippen molar-refractivity contribution in [1.29, 1.82) is 0 Å². The molecule has 0 saturated heterocycles. The van der Waals surface area contributed by atoms with Gasteiger partial charge in [-0.2, -0.15) is 0 Å². The molecular formula is C16H14O2. The van der Waals surface area contributed by atoms with Crippen LogP contribution in [0.25, 0.3) is 11.1 Å². The molecule has 0 unspecified atom stereocenters. The first kappa shape index (κ1) is 11.0. The van der Waals surface area contributed by atoms with Gasteiger partial charge in [-0.3, -0.25) is 4.79 Å². The van der Waals surface area contributed by atoms with Crippen molar-refractivity contribution in [3.05, 3.63) is 53.1 Å². The van der Waals surface area contributed by atoms with Crippen molar-refractivity contribution in [3.8, 4) is 16.9 Å². The molecular weight excluding hydrogens is 224 g/mol. The number of rotatable bonds is 1. The summed E-state index contributed by atoms with van der Waals surface area (Å²) in [6, 6.07) is 11.4. The maximum atomic E-state index is 12.0. The van der Waals surface area contributed by atoms with Crippen molar-refractivity contribution >= 4 is 5.78 Å². The fourth-order valence-corrected chi connectivity index (χ4v) is 2.55. The van der Waals surface area contributed by atoms with Gasteiger partial charge in [-0.05, 0) is 30.5 Å². The summed E-state index contributed by atoms with van der Waals surface area (Å²) in [6.45, 7) is 2.02. The summed E-state index contributed by atoms with van der Waals surface area (Å²) >= 11 is 0. The molecule has 0 amide bonds. The average molecular weight is 238 g/mol. The predicted molar refractivity (Wildman–Crippen MR) is 70.9 cm³/mol. The summed E-state index contributed by atoms with van der Waals surface area (Å²) in [5.74, 6) is 0.323. The number of phenolic OH excluding ortho intramolecular Hbond substituents is 1. The molecule has 1 aliphatic carbocycles. The number of Topliss-reactive ketones (excluding diaryl/α,β-unsaturated/α-hetero) is 1. The Morgan fingerprint density at radius 2 is 1.67 bits per heavy atom. The number of aryl methyl sites for hydroxylation is 2. The maximum Gasteiger partial charge on any atom is 0.164 e. The van der Waals surface area contributed by atoms with E-state index in [0.717, 1.165) is 23.1 Å². The summed E-state index contributed by atoms with van der Waals surface area (Å²) < 4.78 is 0. The van der Waals surface area contributed by atoms with E-state index in [4.69, 9.17) is 0 Å². The minimum atomic E-state index is 0.136. The Balaban J connectivity index is 2.26. The molecule has 2 aromatic carbocycles. The van der Waals surface area contributed by atoms with Crippen molar-refractivity contribution in [2.75, 3.05) is 0 Å². The lowest BCUT2D eigenvalue weighted by Gasteiger charge is -2.10. The Morgan fingerprint density at radius 1 is 0.944 bits per heavy atom. The van der Waals surface area contributed by atoms with Crippen LogP contribution in [0.15, 0.2) is 36.4 Å². The van der Waals surface area contributed by atoms with E-state index >= 15 is 0 Å². The summed E-state index contributed by atoms with van der Waals surface area (Å²) in [6.07, 6.45) is 1.34. The number of hydrogen-bond donors (Lipinski definition) is 1. The first-order valence-electron chi connectivity index (χ1n) is 6.12. The fraction of sp³-hybridized carbons (Fsp3) is 0.188. The minimum absolute atomic E-state index is 0.136. The normalized spacial score (nSPS) is 13.7. The van der Waals surface area contributed by atoms with Gasteiger partial charge in [-0.1, -0.05) is 35.9 Å². The van der Waals surface area contributed by atoms with E-state index in [0.29, 0.717) is 17.5 Å². The molecule has 2 nitrogen and oxygen atoms in total.